The van der Waals surface area contributed by atoms with Crippen LogP contribution in [0.4, 0.5) is 13.2 Å². The molecule has 2 aromatic rings. The van der Waals surface area contributed by atoms with Gasteiger partial charge in [0.05, 0.1) is 17.1 Å². The van der Waals surface area contributed by atoms with E-state index in [0.29, 0.717) is 12.1 Å². The van der Waals surface area contributed by atoms with Crippen molar-refractivity contribution in [3.63, 3.8) is 0 Å². The Hall–Kier alpha value is -1.67. The van der Waals surface area contributed by atoms with E-state index in [-0.39, 0.29) is 11.8 Å². The fourth-order valence-corrected chi connectivity index (χ4v) is 2.39. The zero-order chi connectivity index (χ0) is 14.6. The van der Waals surface area contributed by atoms with E-state index in [4.69, 9.17) is 0 Å². The van der Waals surface area contributed by atoms with Gasteiger partial charge >= 0.3 is 6.36 Å². The van der Waals surface area contributed by atoms with E-state index in [1.165, 1.54) is 29.7 Å². The van der Waals surface area contributed by atoms with Crippen molar-refractivity contribution in [2.24, 2.45) is 0 Å². The van der Waals surface area contributed by atoms with Crippen molar-refractivity contribution >= 4 is 11.5 Å². The van der Waals surface area contributed by atoms with Crippen LogP contribution in [0.15, 0.2) is 30.5 Å². The van der Waals surface area contributed by atoms with Crippen molar-refractivity contribution < 1.29 is 17.9 Å². The molecule has 0 saturated heterocycles. The second kappa shape index (κ2) is 6.19. The molecule has 1 N–H and O–H groups in total. The molecule has 0 radical (unpaired) electrons. The Labute approximate surface area is 117 Å². The molecule has 1 aromatic heterocycles. The van der Waals surface area contributed by atoms with Crippen LogP contribution in [0.1, 0.15) is 23.4 Å². The number of ether oxygens (including phenoxy) is 1. The Bertz CT molecular complexity index is 545. The Morgan fingerprint density at radius 3 is 2.80 bits per heavy atom. The lowest BCUT2D eigenvalue weighted by Gasteiger charge is -2.17. The number of hydrogen-bond donors (Lipinski definition) is 1. The molecule has 0 aliphatic rings. The van der Waals surface area contributed by atoms with Crippen molar-refractivity contribution in [3.05, 3.63) is 40.9 Å². The number of nitrogens with zero attached hydrogens (tertiary/aromatic N) is 2. The zero-order valence-corrected chi connectivity index (χ0v) is 11.3. The van der Waals surface area contributed by atoms with Crippen molar-refractivity contribution in [1.29, 1.82) is 0 Å². The molecule has 0 fully saturated rings. The van der Waals surface area contributed by atoms with Crippen LogP contribution in [-0.2, 0) is 0 Å². The molecule has 2 rings (SSSR count). The van der Waals surface area contributed by atoms with Crippen molar-refractivity contribution in [3.8, 4) is 5.75 Å². The van der Waals surface area contributed by atoms with Gasteiger partial charge in [0.25, 0.3) is 0 Å². The smallest absolute Gasteiger partial charge is 0.406 e. The Balaban J connectivity index is 2.27. The number of alkyl halides is 3. The predicted molar refractivity (Wildman–Crippen MR) is 68.6 cm³/mol. The summed E-state index contributed by atoms with van der Waals surface area (Å²) in [5, 5.41) is 6.93. The molecule has 8 heteroatoms. The van der Waals surface area contributed by atoms with Gasteiger partial charge in [-0.15, -0.1) is 18.3 Å². The Kier molecular flexibility index (Phi) is 4.56. The largest absolute Gasteiger partial charge is 0.573 e. The minimum Gasteiger partial charge on any atom is -0.406 e. The average molecular weight is 303 g/mol. The lowest BCUT2D eigenvalue weighted by molar-refractivity contribution is -0.274. The van der Waals surface area contributed by atoms with Gasteiger partial charge in [0.1, 0.15) is 5.75 Å². The molecule has 1 aromatic carbocycles. The van der Waals surface area contributed by atoms with Gasteiger partial charge in [0.15, 0.2) is 0 Å². The summed E-state index contributed by atoms with van der Waals surface area (Å²) in [4.78, 5) is 0.830. The van der Waals surface area contributed by atoms with Crippen LogP contribution in [0.2, 0.25) is 0 Å². The van der Waals surface area contributed by atoms with Gasteiger partial charge in [0, 0.05) is 0 Å². The van der Waals surface area contributed by atoms with E-state index < -0.39 is 6.36 Å². The summed E-state index contributed by atoms with van der Waals surface area (Å²) in [6.45, 7) is 2.57. The normalized spacial score (nSPS) is 13.2. The molecule has 1 unspecified atom stereocenters. The van der Waals surface area contributed by atoms with E-state index in [1.54, 1.807) is 12.3 Å². The molecule has 0 bridgehead atoms. The second-order valence-corrected chi connectivity index (χ2v) is 4.75. The fourth-order valence-electron chi connectivity index (χ4n) is 1.78. The Morgan fingerprint density at radius 2 is 2.20 bits per heavy atom. The standard InChI is InChI=1S/C12H12F3N3OS/c1-2-16-11(10-7-17-18-20-10)8-4-3-5-9(6-8)19-12(13,14)15/h3-7,11,16H,2H2,1H3. The first-order valence-electron chi connectivity index (χ1n) is 5.86. The second-order valence-electron chi connectivity index (χ2n) is 3.93. The van der Waals surface area contributed by atoms with Crippen LogP contribution >= 0.6 is 11.5 Å². The number of hydrogen-bond acceptors (Lipinski definition) is 5. The van der Waals surface area contributed by atoms with Gasteiger partial charge in [0.2, 0.25) is 0 Å². The Morgan fingerprint density at radius 1 is 1.40 bits per heavy atom. The third-order valence-corrected chi connectivity index (χ3v) is 3.22. The topological polar surface area (TPSA) is 47.0 Å². The fraction of sp³-hybridized carbons (Fsp3) is 0.333. The van der Waals surface area contributed by atoms with Gasteiger partial charge < -0.3 is 10.1 Å². The first-order valence-corrected chi connectivity index (χ1v) is 6.63. The number of nitrogens with one attached hydrogen (secondary N) is 1. The van der Waals surface area contributed by atoms with Gasteiger partial charge in [-0.05, 0) is 35.8 Å². The van der Waals surface area contributed by atoms with E-state index in [9.17, 15) is 13.2 Å². The predicted octanol–water partition coefficient (Wildman–Crippen LogP) is 3.14. The maximum atomic E-state index is 12.2. The number of benzene rings is 1. The summed E-state index contributed by atoms with van der Waals surface area (Å²) in [5.41, 5.74) is 0.666. The summed E-state index contributed by atoms with van der Waals surface area (Å²) in [7, 11) is 0. The highest BCUT2D eigenvalue weighted by atomic mass is 32.1. The average Bonchev–Trinajstić information content (AvgIpc) is 2.87. The van der Waals surface area contributed by atoms with Crippen molar-refractivity contribution in [2.45, 2.75) is 19.3 Å². The molecule has 1 atom stereocenters. The highest BCUT2D eigenvalue weighted by Gasteiger charge is 2.31. The third kappa shape index (κ3) is 3.91. The van der Waals surface area contributed by atoms with Crippen LogP contribution in [0.5, 0.6) is 5.75 Å². The van der Waals surface area contributed by atoms with Crippen LogP contribution in [0.25, 0.3) is 0 Å². The summed E-state index contributed by atoms with van der Waals surface area (Å²) in [5.74, 6) is -0.240. The van der Waals surface area contributed by atoms with Crippen LogP contribution in [0, 0.1) is 0 Å². The number of halogens is 3. The SMILES string of the molecule is CCNC(c1cccc(OC(F)(F)F)c1)c1cnns1. The van der Waals surface area contributed by atoms with Gasteiger partial charge in [-0.1, -0.05) is 23.5 Å². The summed E-state index contributed by atoms with van der Waals surface area (Å²) in [6.07, 6.45) is -3.10. The first-order chi connectivity index (χ1) is 9.49. The minimum atomic E-state index is -4.70. The molecular weight excluding hydrogens is 291 g/mol. The molecule has 0 spiro atoms. The highest BCUT2D eigenvalue weighted by Crippen LogP contribution is 2.29. The minimum absolute atomic E-state index is 0.240. The maximum absolute atomic E-state index is 12.2. The van der Waals surface area contributed by atoms with Gasteiger partial charge in [-0.25, -0.2) is 0 Å². The van der Waals surface area contributed by atoms with Gasteiger partial charge in [-0.3, -0.25) is 0 Å². The lowest BCUT2D eigenvalue weighted by atomic mass is 10.1. The highest BCUT2D eigenvalue weighted by molar-refractivity contribution is 7.05. The zero-order valence-electron chi connectivity index (χ0n) is 10.5. The molecular formula is C12H12F3N3OS. The van der Waals surface area contributed by atoms with E-state index in [0.717, 1.165) is 4.88 Å². The van der Waals surface area contributed by atoms with Crippen LogP contribution in [-0.4, -0.2) is 22.5 Å². The lowest BCUT2D eigenvalue weighted by Crippen LogP contribution is -2.22. The monoisotopic (exact) mass is 303 g/mol. The molecule has 0 aliphatic carbocycles. The van der Waals surface area contributed by atoms with Crippen molar-refractivity contribution in [2.75, 3.05) is 6.54 Å². The first kappa shape index (κ1) is 14.7. The summed E-state index contributed by atoms with van der Waals surface area (Å²) < 4.78 is 44.4. The van der Waals surface area contributed by atoms with Crippen LogP contribution in [0.3, 0.4) is 0 Å². The van der Waals surface area contributed by atoms with E-state index >= 15 is 0 Å². The molecule has 0 aliphatic heterocycles. The molecule has 0 saturated carbocycles. The quantitative estimate of drug-likeness (QED) is 0.922. The maximum Gasteiger partial charge on any atom is 0.573 e. The van der Waals surface area contributed by atoms with E-state index in [2.05, 4.69) is 19.6 Å². The molecule has 4 nitrogen and oxygen atoms in total. The van der Waals surface area contributed by atoms with Gasteiger partial charge in [-0.2, -0.15) is 0 Å². The third-order valence-electron chi connectivity index (χ3n) is 2.50. The summed E-state index contributed by atoms with van der Waals surface area (Å²) in [6, 6.07) is 5.63. The van der Waals surface area contributed by atoms with Crippen LogP contribution < -0.4 is 10.1 Å². The molecule has 20 heavy (non-hydrogen) atoms. The molecule has 0 amide bonds. The van der Waals surface area contributed by atoms with Crippen molar-refractivity contribution in [1.82, 2.24) is 14.9 Å². The number of rotatable bonds is 5. The molecule has 1 heterocycles. The number of aromatic nitrogens is 2. The van der Waals surface area contributed by atoms with E-state index in [1.807, 2.05) is 6.92 Å². The molecule has 108 valence electrons. The summed E-state index contributed by atoms with van der Waals surface area (Å²) >= 11 is 1.20.